The van der Waals surface area contributed by atoms with Gasteiger partial charge >= 0.3 is 0 Å². The van der Waals surface area contributed by atoms with Crippen LogP contribution in [0.3, 0.4) is 0 Å². The predicted octanol–water partition coefficient (Wildman–Crippen LogP) is 2.61. The second-order valence-corrected chi connectivity index (χ2v) is 7.42. The van der Waals surface area contributed by atoms with Gasteiger partial charge in [0, 0.05) is 23.0 Å². The molecule has 0 aliphatic carbocycles. The Labute approximate surface area is 162 Å². The average molecular weight is 372 g/mol. The molecular formula is C22H20N4O2. The van der Waals surface area contributed by atoms with E-state index in [0.717, 1.165) is 33.3 Å². The minimum absolute atomic E-state index is 0.0206. The molecule has 2 amide bonds. The summed E-state index contributed by atoms with van der Waals surface area (Å²) in [6.07, 6.45) is 2.15. The molecule has 2 aromatic carbocycles. The number of piperazine rings is 1. The number of aromatic amines is 1. The Hall–Kier alpha value is -3.41. The number of benzene rings is 2. The number of rotatable bonds is 2. The number of aromatic nitrogens is 1. The molecule has 1 aromatic heterocycles. The molecule has 28 heavy (non-hydrogen) atoms. The van der Waals surface area contributed by atoms with Crippen LogP contribution < -0.4 is 0 Å². The van der Waals surface area contributed by atoms with Crippen LogP contribution in [0.15, 0.2) is 53.6 Å². The number of H-pyrrole nitrogens is 1. The molecule has 5 rings (SSSR count). The molecule has 2 aliphatic rings. The van der Waals surface area contributed by atoms with Gasteiger partial charge in [0.25, 0.3) is 5.91 Å². The minimum atomic E-state index is -0.497. The molecule has 1 fully saturated rings. The lowest BCUT2D eigenvalue weighted by molar-refractivity contribution is -0.157. The number of hydrogen-bond acceptors (Lipinski definition) is 3. The summed E-state index contributed by atoms with van der Waals surface area (Å²) in [7, 11) is 0. The van der Waals surface area contributed by atoms with Crippen LogP contribution in [-0.2, 0) is 22.6 Å². The number of hydrogen-bond donors (Lipinski definition) is 1. The number of carbonyl (C=O) groups excluding carboxylic acids is 2. The van der Waals surface area contributed by atoms with Crippen LogP contribution in [0.25, 0.3) is 10.9 Å². The molecule has 2 aliphatic heterocycles. The second-order valence-electron chi connectivity index (χ2n) is 7.42. The van der Waals surface area contributed by atoms with Crippen molar-refractivity contribution in [3.63, 3.8) is 0 Å². The molecule has 0 spiro atoms. The minimum Gasteiger partial charge on any atom is -0.357 e. The summed E-state index contributed by atoms with van der Waals surface area (Å²) in [5.74, 6) is -0.200. The first-order valence-corrected chi connectivity index (χ1v) is 9.40. The number of nitrogens with zero attached hydrogens (tertiary/aromatic N) is 3. The molecule has 140 valence electrons. The zero-order valence-electron chi connectivity index (χ0n) is 15.6. The van der Waals surface area contributed by atoms with E-state index in [1.54, 1.807) is 11.1 Å². The maximum Gasteiger partial charge on any atom is 0.266 e. The first kappa shape index (κ1) is 16.7. The van der Waals surface area contributed by atoms with E-state index < -0.39 is 6.04 Å². The third kappa shape index (κ3) is 2.69. The van der Waals surface area contributed by atoms with Gasteiger partial charge in [0.05, 0.1) is 12.8 Å². The van der Waals surface area contributed by atoms with E-state index in [2.05, 4.69) is 16.2 Å². The third-order valence-electron chi connectivity index (χ3n) is 5.57. The monoisotopic (exact) mass is 372 g/mol. The number of para-hydroxylation sites is 1. The van der Waals surface area contributed by atoms with E-state index in [0.29, 0.717) is 13.0 Å². The zero-order valence-corrected chi connectivity index (χ0v) is 15.6. The summed E-state index contributed by atoms with van der Waals surface area (Å²) in [6, 6.07) is 15.4. The van der Waals surface area contributed by atoms with E-state index in [9.17, 15) is 9.59 Å². The largest absolute Gasteiger partial charge is 0.357 e. The highest BCUT2D eigenvalue weighted by Gasteiger charge is 2.43. The van der Waals surface area contributed by atoms with E-state index in [4.69, 9.17) is 0 Å². The quantitative estimate of drug-likeness (QED) is 0.703. The molecule has 6 nitrogen and oxygen atoms in total. The van der Waals surface area contributed by atoms with Crippen molar-refractivity contribution in [2.24, 2.45) is 5.10 Å². The number of nitrogens with one attached hydrogen (secondary N) is 1. The van der Waals surface area contributed by atoms with Crippen LogP contribution in [0.5, 0.6) is 0 Å². The number of carbonyl (C=O) groups is 2. The third-order valence-corrected chi connectivity index (χ3v) is 5.57. The Balaban J connectivity index is 1.44. The summed E-state index contributed by atoms with van der Waals surface area (Å²) in [4.78, 5) is 30.8. The van der Waals surface area contributed by atoms with E-state index in [-0.39, 0.29) is 18.4 Å². The normalized spacial score (nSPS) is 19.4. The van der Waals surface area contributed by atoms with Crippen LogP contribution >= 0.6 is 0 Å². The molecule has 0 saturated carbocycles. The Kier molecular flexibility index (Phi) is 3.79. The molecular weight excluding hydrogens is 352 g/mol. The van der Waals surface area contributed by atoms with Gasteiger partial charge in [-0.15, -0.1) is 0 Å². The zero-order chi connectivity index (χ0) is 19.3. The van der Waals surface area contributed by atoms with E-state index >= 15 is 0 Å². The Bertz CT molecular complexity index is 1110. The van der Waals surface area contributed by atoms with Crippen molar-refractivity contribution in [1.82, 2.24) is 14.9 Å². The topological polar surface area (TPSA) is 68.8 Å². The molecule has 0 bridgehead atoms. The fourth-order valence-corrected chi connectivity index (χ4v) is 4.05. The summed E-state index contributed by atoms with van der Waals surface area (Å²) in [5.41, 5.74) is 5.25. The summed E-state index contributed by atoms with van der Waals surface area (Å²) >= 11 is 0. The van der Waals surface area contributed by atoms with Gasteiger partial charge in [-0.3, -0.25) is 9.59 Å². The van der Waals surface area contributed by atoms with Crippen molar-refractivity contribution in [2.45, 2.75) is 25.9 Å². The highest BCUT2D eigenvalue weighted by atomic mass is 16.2. The van der Waals surface area contributed by atoms with Gasteiger partial charge in [-0.05, 0) is 24.1 Å². The number of hydrazone groups is 1. The lowest BCUT2D eigenvalue weighted by Crippen LogP contribution is -2.60. The van der Waals surface area contributed by atoms with Crippen LogP contribution in [0.4, 0.5) is 0 Å². The summed E-state index contributed by atoms with van der Waals surface area (Å²) in [6.45, 7) is 2.44. The lowest BCUT2D eigenvalue weighted by atomic mass is 9.94. The van der Waals surface area contributed by atoms with Crippen LogP contribution in [-0.4, -0.2) is 45.5 Å². The first-order valence-electron chi connectivity index (χ1n) is 9.40. The molecule has 6 heteroatoms. The fourth-order valence-electron chi connectivity index (χ4n) is 4.05. The molecule has 1 saturated heterocycles. The van der Waals surface area contributed by atoms with Crippen molar-refractivity contribution in [1.29, 1.82) is 0 Å². The first-order chi connectivity index (χ1) is 13.6. The summed E-state index contributed by atoms with van der Waals surface area (Å²) in [5, 5.41) is 6.75. The van der Waals surface area contributed by atoms with Gasteiger partial charge < -0.3 is 9.88 Å². The van der Waals surface area contributed by atoms with Crippen molar-refractivity contribution in [2.75, 3.05) is 6.54 Å². The van der Waals surface area contributed by atoms with Gasteiger partial charge in [0.15, 0.2) is 0 Å². The molecule has 0 unspecified atom stereocenters. The van der Waals surface area contributed by atoms with Gasteiger partial charge in [-0.25, -0.2) is 5.01 Å². The van der Waals surface area contributed by atoms with Crippen molar-refractivity contribution in [3.8, 4) is 0 Å². The van der Waals surface area contributed by atoms with Gasteiger partial charge in [0.1, 0.15) is 12.6 Å². The second kappa shape index (κ2) is 6.34. The van der Waals surface area contributed by atoms with E-state index in [1.807, 2.05) is 49.4 Å². The molecule has 1 N–H and O–H groups in total. The maximum absolute atomic E-state index is 13.1. The Morgan fingerprint density at radius 1 is 1.07 bits per heavy atom. The Morgan fingerprint density at radius 3 is 2.68 bits per heavy atom. The van der Waals surface area contributed by atoms with E-state index in [1.165, 1.54) is 5.01 Å². The van der Waals surface area contributed by atoms with Crippen LogP contribution in [0.2, 0.25) is 0 Å². The van der Waals surface area contributed by atoms with Gasteiger partial charge in [-0.1, -0.05) is 48.0 Å². The standard InChI is InChI=1S/C22H20N4O2/c1-14-6-8-15(9-7-14)11-23-26-13-21(27)25-12-19-17(10-20(25)22(26)28)16-4-2-3-5-18(16)24-19/h2-9,11,20,24H,10,12-13H2,1H3/b23-11+/t20-/m0/s1. The highest BCUT2D eigenvalue weighted by molar-refractivity contribution is 5.97. The van der Waals surface area contributed by atoms with Crippen molar-refractivity contribution in [3.05, 3.63) is 70.9 Å². The lowest BCUT2D eigenvalue weighted by Gasteiger charge is -2.40. The van der Waals surface area contributed by atoms with Crippen LogP contribution in [0, 0.1) is 6.92 Å². The summed E-state index contributed by atoms with van der Waals surface area (Å²) < 4.78 is 0. The highest BCUT2D eigenvalue weighted by Crippen LogP contribution is 2.32. The smallest absolute Gasteiger partial charge is 0.266 e. The number of fused-ring (bicyclic) bond motifs is 4. The molecule has 3 aromatic rings. The van der Waals surface area contributed by atoms with Crippen molar-refractivity contribution < 1.29 is 9.59 Å². The van der Waals surface area contributed by atoms with Crippen LogP contribution in [0.1, 0.15) is 22.4 Å². The maximum atomic E-state index is 13.1. The fraction of sp³-hybridized carbons (Fsp3) is 0.227. The number of amides is 2. The average Bonchev–Trinajstić information content (AvgIpc) is 3.07. The SMILES string of the molecule is Cc1ccc(/C=N/N2CC(=O)N3Cc4[nH]c5ccccc5c4C[C@H]3C2=O)cc1. The predicted molar refractivity (Wildman–Crippen MR) is 107 cm³/mol. The number of aryl methyl sites for hydroxylation is 1. The molecule has 0 radical (unpaired) electrons. The Morgan fingerprint density at radius 2 is 1.86 bits per heavy atom. The van der Waals surface area contributed by atoms with Gasteiger partial charge in [0.2, 0.25) is 5.91 Å². The van der Waals surface area contributed by atoms with Crippen molar-refractivity contribution >= 4 is 28.9 Å². The van der Waals surface area contributed by atoms with Gasteiger partial charge in [-0.2, -0.15) is 5.10 Å². The molecule has 3 heterocycles. The molecule has 1 atom stereocenters.